The minimum Gasteiger partial charge on any atom is -0.345 e. The summed E-state index contributed by atoms with van der Waals surface area (Å²) in [4.78, 5) is 6.95. The molecule has 0 saturated carbocycles. The average molecular weight is 191 g/mol. The fourth-order valence-electron chi connectivity index (χ4n) is 1.33. The molecule has 0 fully saturated rings. The molecule has 0 radical (unpaired) electrons. The van der Waals surface area contributed by atoms with E-state index in [-0.39, 0.29) is 5.82 Å². The second-order valence-electron chi connectivity index (χ2n) is 2.99. The summed E-state index contributed by atoms with van der Waals surface area (Å²) in [5, 5.41) is 0. The van der Waals surface area contributed by atoms with Crippen LogP contribution in [0.15, 0.2) is 30.6 Å². The Bertz CT molecular complexity index is 423. The van der Waals surface area contributed by atoms with E-state index in [0.717, 1.165) is 11.1 Å². The molecule has 3 N–H and O–H groups in total. The van der Waals surface area contributed by atoms with Gasteiger partial charge in [-0.3, -0.25) is 0 Å². The van der Waals surface area contributed by atoms with Crippen molar-refractivity contribution in [1.29, 1.82) is 0 Å². The molecule has 0 atom stereocenters. The zero-order valence-electron chi connectivity index (χ0n) is 7.50. The first-order valence-corrected chi connectivity index (χ1v) is 4.29. The highest BCUT2D eigenvalue weighted by atomic mass is 19.1. The number of nitrogens with one attached hydrogen (secondary N) is 1. The van der Waals surface area contributed by atoms with Crippen molar-refractivity contribution in [2.24, 2.45) is 5.73 Å². The molecule has 14 heavy (non-hydrogen) atoms. The molecule has 0 amide bonds. The maximum atomic E-state index is 13.1. The van der Waals surface area contributed by atoms with Crippen molar-refractivity contribution < 1.29 is 4.39 Å². The van der Waals surface area contributed by atoms with Gasteiger partial charge in [0.1, 0.15) is 11.6 Å². The van der Waals surface area contributed by atoms with Crippen LogP contribution in [0.3, 0.4) is 0 Å². The van der Waals surface area contributed by atoms with Crippen LogP contribution in [0.4, 0.5) is 4.39 Å². The van der Waals surface area contributed by atoms with Gasteiger partial charge in [-0.15, -0.1) is 0 Å². The molecule has 4 heteroatoms. The largest absolute Gasteiger partial charge is 0.345 e. The number of rotatable bonds is 2. The van der Waals surface area contributed by atoms with Crippen molar-refractivity contribution in [3.8, 4) is 11.4 Å². The van der Waals surface area contributed by atoms with Crippen LogP contribution < -0.4 is 5.73 Å². The Hall–Kier alpha value is -1.68. The van der Waals surface area contributed by atoms with E-state index >= 15 is 0 Å². The highest BCUT2D eigenvalue weighted by Crippen LogP contribution is 2.17. The summed E-state index contributed by atoms with van der Waals surface area (Å²) < 4.78 is 13.1. The van der Waals surface area contributed by atoms with Crippen molar-refractivity contribution in [3.63, 3.8) is 0 Å². The maximum Gasteiger partial charge on any atom is 0.137 e. The van der Waals surface area contributed by atoms with Crippen LogP contribution in [0.1, 0.15) is 5.56 Å². The molecule has 1 aromatic carbocycles. The Kier molecular flexibility index (Phi) is 2.28. The van der Waals surface area contributed by atoms with Gasteiger partial charge in [0.25, 0.3) is 0 Å². The molecule has 0 unspecified atom stereocenters. The Morgan fingerprint density at radius 1 is 1.36 bits per heavy atom. The number of aromatic amines is 1. The zero-order chi connectivity index (χ0) is 9.97. The number of H-pyrrole nitrogens is 1. The summed E-state index contributed by atoms with van der Waals surface area (Å²) >= 11 is 0. The Morgan fingerprint density at radius 2 is 2.21 bits per heavy atom. The molecule has 72 valence electrons. The highest BCUT2D eigenvalue weighted by molar-refractivity contribution is 5.56. The van der Waals surface area contributed by atoms with Crippen LogP contribution >= 0.6 is 0 Å². The Balaban J connectivity index is 2.48. The number of nitrogens with two attached hydrogens (primary N) is 1. The number of nitrogens with zero attached hydrogens (tertiary/aromatic N) is 1. The molecule has 0 aliphatic heterocycles. The topological polar surface area (TPSA) is 54.7 Å². The van der Waals surface area contributed by atoms with Gasteiger partial charge in [0.2, 0.25) is 0 Å². The third-order valence-corrected chi connectivity index (χ3v) is 1.96. The number of aromatic nitrogens is 2. The summed E-state index contributed by atoms with van der Waals surface area (Å²) in [6.45, 7) is 0.325. The molecule has 3 nitrogen and oxygen atoms in total. The van der Waals surface area contributed by atoms with Crippen LogP contribution in [-0.2, 0) is 6.54 Å². The number of hydrogen-bond acceptors (Lipinski definition) is 2. The first-order chi connectivity index (χ1) is 6.79. The lowest BCUT2D eigenvalue weighted by molar-refractivity contribution is 0.626. The normalized spacial score (nSPS) is 10.4. The summed E-state index contributed by atoms with van der Waals surface area (Å²) in [5.41, 5.74) is 6.92. The third kappa shape index (κ3) is 1.65. The molecule has 2 rings (SSSR count). The molecular weight excluding hydrogens is 181 g/mol. The van der Waals surface area contributed by atoms with Gasteiger partial charge in [-0.05, 0) is 23.8 Å². The smallest absolute Gasteiger partial charge is 0.137 e. The standard InChI is InChI=1S/C10H10FN3/c11-9-4-7(6-12)3-8(5-9)10-13-1-2-14-10/h1-5H,6,12H2,(H,13,14). The van der Waals surface area contributed by atoms with Gasteiger partial charge < -0.3 is 10.7 Å². The summed E-state index contributed by atoms with van der Waals surface area (Å²) in [5.74, 6) is 0.360. The Labute approximate surface area is 80.8 Å². The lowest BCUT2D eigenvalue weighted by Crippen LogP contribution is -1.97. The summed E-state index contributed by atoms with van der Waals surface area (Å²) in [6, 6.07) is 4.67. The lowest BCUT2D eigenvalue weighted by Gasteiger charge is -2.01. The van der Waals surface area contributed by atoms with Crippen molar-refractivity contribution in [2.45, 2.75) is 6.54 Å². The quantitative estimate of drug-likeness (QED) is 0.758. The Morgan fingerprint density at radius 3 is 2.86 bits per heavy atom. The lowest BCUT2D eigenvalue weighted by atomic mass is 10.1. The van der Waals surface area contributed by atoms with Crippen molar-refractivity contribution in [2.75, 3.05) is 0 Å². The maximum absolute atomic E-state index is 13.1. The van der Waals surface area contributed by atoms with Crippen LogP contribution in [0.2, 0.25) is 0 Å². The van der Waals surface area contributed by atoms with Gasteiger partial charge in [-0.25, -0.2) is 9.37 Å². The molecule has 0 aliphatic carbocycles. The molecule has 0 saturated heterocycles. The van der Waals surface area contributed by atoms with Gasteiger partial charge in [0.15, 0.2) is 0 Å². The SMILES string of the molecule is NCc1cc(F)cc(-c2ncc[nH]2)c1. The van der Waals surface area contributed by atoms with E-state index in [4.69, 9.17) is 5.73 Å². The van der Waals surface area contributed by atoms with Crippen LogP contribution in [0, 0.1) is 5.82 Å². The number of hydrogen-bond donors (Lipinski definition) is 2. The second-order valence-corrected chi connectivity index (χ2v) is 2.99. The predicted octanol–water partition coefficient (Wildman–Crippen LogP) is 1.67. The number of imidazole rings is 1. The van der Waals surface area contributed by atoms with Gasteiger partial charge in [-0.2, -0.15) is 0 Å². The van der Waals surface area contributed by atoms with Crippen LogP contribution in [0.25, 0.3) is 11.4 Å². The van der Waals surface area contributed by atoms with Crippen molar-refractivity contribution in [1.82, 2.24) is 9.97 Å². The molecule has 1 heterocycles. The molecule has 1 aromatic heterocycles. The van der Waals surface area contributed by atoms with E-state index in [0.29, 0.717) is 12.4 Å². The predicted molar refractivity (Wildman–Crippen MR) is 51.9 cm³/mol. The first kappa shape index (κ1) is 8.90. The number of benzene rings is 1. The van der Waals surface area contributed by atoms with Crippen LogP contribution in [-0.4, -0.2) is 9.97 Å². The van der Waals surface area contributed by atoms with E-state index in [9.17, 15) is 4.39 Å². The minimum absolute atomic E-state index is 0.292. The molecule has 0 bridgehead atoms. The average Bonchev–Trinajstić information content (AvgIpc) is 2.69. The van der Waals surface area contributed by atoms with Gasteiger partial charge in [0.05, 0.1) is 0 Å². The second kappa shape index (κ2) is 3.59. The molecule has 0 aliphatic rings. The zero-order valence-corrected chi connectivity index (χ0v) is 7.50. The molecular formula is C10H10FN3. The molecule has 0 spiro atoms. The first-order valence-electron chi connectivity index (χ1n) is 4.29. The van der Waals surface area contributed by atoms with Crippen molar-refractivity contribution >= 4 is 0 Å². The molecule has 2 aromatic rings. The van der Waals surface area contributed by atoms with Gasteiger partial charge in [-0.1, -0.05) is 0 Å². The van der Waals surface area contributed by atoms with E-state index in [1.807, 2.05) is 6.07 Å². The van der Waals surface area contributed by atoms with Crippen LogP contribution in [0.5, 0.6) is 0 Å². The fraction of sp³-hybridized carbons (Fsp3) is 0.100. The van der Waals surface area contributed by atoms with Crippen molar-refractivity contribution in [3.05, 3.63) is 42.0 Å². The number of halogens is 1. The fourth-order valence-corrected chi connectivity index (χ4v) is 1.33. The van der Waals surface area contributed by atoms with E-state index < -0.39 is 0 Å². The van der Waals surface area contributed by atoms with E-state index in [1.165, 1.54) is 12.1 Å². The third-order valence-electron chi connectivity index (χ3n) is 1.96. The summed E-state index contributed by atoms with van der Waals surface area (Å²) in [7, 11) is 0. The van der Waals surface area contributed by atoms with E-state index in [2.05, 4.69) is 9.97 Å². The minimum atomic E-state index is -0.292. The van der Waals surface area contributed by atoms with E-state index in [1.54, 1.807) is 12.4 Å². The van der Waals surface area contributed by atoms with Gasteiger partial charge >= 0.3 is 0 Å². The summed E-state index contributed by atoms with van der Waals surface area (Å²) in [6.07, 6.45) is 3.32. The monoisotopic (exact) mass is 191 g/mol. The van der Waals surface area contributed by atoms with Gasteiger partial charge in [0, 0.05) is 24.5 Å². The highest BCUT2D eigenvalue weighted by Gasteiger charge is 2.03.